The second-order valence-corrected chi connectivity index (χ2v) is 6.92. The molecule has 1 fully saturated rings. The quantitative estimate of drug-likeness (QED) is 0.912. The third-order valence-corrected chi connectivity index (χ3v) is 5.34. The molecule has 0 spiro atoms. The lowest BCUT2D eigenvalue weighted by Crippen LogP contribution is -2.34. The number of hydrogen-bond acceptors (Lipinski definition) is 7. The lowest BCUT2D eigenvalue weighted by molar-refractivity contribution is 0.838. The van der Waals surface area contributed by atoms with E-state index in [9.17, 15) is 10.5 Å². The molecule has 1 aliphatic heterocycles. The molecule has 0 amide bonds. The van der Waals surface area contributed by atoms with Gasteiger partial charge in [-0.3, -0.25) is 0 Å². The first-order valence-electron chi connectivity index (χ1n) is 6.76. The number of hydrogen-bond donors (Lipinski definition) is 1. The molecule has 1 saturated heterocycles. The third kappa shape index (κ3) is 2.50. The van der Waals surface area contributed by atoms with Crippen LogP contribution in [0.3, 0.4) is 0 Å². The second kappa shape index (κ2) is 6.27. The van der Waals surface area contributed by atoms with Gasteiger partial charge in [-0.1, -0.05) is 6.07 Å². The molecule has 110 valence electrons. The Morgan fingerprint density at radius 1 is 1.18 bits per heavy atom. The van der Waals surface area contributed by atoms with Crippen molar-refractivity contribution in [3.63, 3.8) is 0 Å². The van der Waals surface area contributed by atoms with E-state index in [0.717, 1.165) is 29.5 Å². The van der Waals surface area contributed by atoms with E-state index in [-0.39, 0.29) is 11.4 Å². The summed E-state index contributed by atoms with van der Waals surface area (Å²) >= 11 is 3.38. The van der Waals surface area contributed by atoms with Crippen LogP contribution >= 0.6 is 23.1 Å². The minimum atomic E-state index is 0.193. The molecule has 0 aliphatic carbocycles. The standard InChI is InChI=1S/C15H13N5S2/c16-8-10-13(12-2-1-5-22-12)11(9-17)15(19-14(10)18)20-3-6-21-7-4-20/h1-2,5H,3-4,6-7H2,(H2,18,19). The molecule has 2 aromatic heterocycles. The number of thiophene rings is 1. The Balaban J connectivity index is 2.25. The van der Waals surface area contributed by atoms with Crippen molar-refractivity contribution in [2.45, 2.75) is 0 Å². The van der Waals surface area contributed by atoms with Crippen molar-refractivity contribution in [1.29, 1.82) is 10.5 Å². The van der Waals surface area contributed by atoms with E-state index in [1.165, 1.54) is 11.3 Å². The third-order valence-electron chi connectivity index (χ3n) is 3.51. The van der Waals surface area contributed by atoms with E-state index in [4.69, 9.17) is 5.73 Å². The molecule has 2 aromatic rings. The fourth-order valence-corrected chi connectivity index (χ4v) is 4.17. The van der Waals surface area contributed by atoms with Crippen LogP contribution in [0.4, 0.5) is 11.6 Å². The number of pyridine rings is 1. The summed E-state index contributed by atoms with van der Waals surface area (Å²) in [6.07, 6.45) is 0. The summed E-state index contributed by atoms with van der Waals surface area (Å²) in [5.41, 5.74) is 7.34. The van der Waals surface area contributed by atoms with E-state index >= 15 is 0 Å². The number of rotatable bonds is 2. The molecule has 0 saturated carbocycles. The molecule has 3 heterocycles. The smallest absolute Gasteiger partial charge is 0.149 e. The van der Waals surface area contributed by atoms with Gasteiger partial charge in [-0.25, -0.2) is 4.98 Å². The van der Waals surface area contributed by atoms with Gasteiger partial charge in [-0.2, -0.15) is 22.3 Å². The minimum Gasteiger partial charge on any atom is -0.383 e. The van der Waals surface area contributed by atoms with Gasteiger partial charge >= 0.3 is 0 Å². The van der Waals surface area contributed by atoms with Crippen LogP contribution in [0.15, 0.2) is 17.5 Å². The summed E-state index contributed by atoms with van der Waals surface area (Å²) in [6.45, 7) is 1.67. The van der Waals surface area contributed by atoms with Crippen LogP contribution < -0.4 is 10.6 Å². The molecule has 0 atom stereocenters. The number of aromatic nitrogens is 1. The van der Waals surface area contributed by atoms with Crippen LogP contribution in [0.2, 0.25) is 0 Å². The van der Waals surface area contributed by atoms with Gasteiger partial charge in [0.2, 0.25) is 0 Å². The van der Waals surface area contributed by atoms with Crippen molar-refractivity contribution in [2.24, 2.45) is 0 Å². The van der Waals surface area contributed by atoms with E-state index in [1.54, 1.807) is 0 Å². The lowest BCUT2D eigenvalue weighted by atomic mass is 10.0. The van der Waals surface area contributed by atoms with Crippen molar-refractivity contribution in [1.82, 2.24) is 4.98 Å². The van der Waals surface area contributed by atoms with Crippen LogP contribution in [0, 0.1) is 22.7 Å². The Hall–Kier alpha value is -2.22. The fourth-order valence-electron chi connectivity index (χ4n) is 2.48. The highest BCUT2D eigenvalue weighted by atomic mass is 32.2. The number of nitriles is 2. The zero-order valence-electron chi connectivity index (χ0n) is 11.7. The number of anilines is 2. The van der Waals surface area contributed by atoms with Crippen molar-refractivity contribution in [3.05, 3.63) is 28.6 Å². The van der Waals surface area contributed by atoms with Gasteiger partial charge in [0, 0.05) is 35.0 Å². The molecule has 0 radical (unpaired) electrons. The second-order valence-electron chi connectivity index (χ2n) is 4.75. The first-order chi connectivity index (χ1) is 10.8. The monoisotopic (exact) mass is 327 g/mol. The Kier molecular flexibility index (Phi) is 4.19. The molecule has 0 bridgehead atoms. The van der Waals surface area contributed by atoms with Gasteiger partial charge < -0.3 is 10.6 Å². The minimum absolute atomic E-state index is 0.193. The number of thioether (sulfide) groups is 1. The maximum absolute atomic E-state index is 9.67. The lowest BCUT2D eigenvalue weighted by Gasteiger charge is -2.29. The molecule has 1 aliphatic rings. The summed E-state index contributed by atoms with van der Waals surface area (Å²) in [7, 11) is 0. The van der Waals surface area contributed by atoms with Gasteiger partial charge in [0.1, 0.15) is 34.9 Å². The summed E-state index contributed by atoms with van der Waals surface area (Å²) in [5.74, 6) is 2.79. The zero-order chi connectivity index (χ0) is 15.5. The summed E-state index contributed by atoms with van der Waals surface area (Å²) in [6, 6.07) is 8.14. The highest BCUT2D eigenvalue weighted by Gasteiger charge is 2.24. The zero-order valence-corrected chi connectivity index (χ0v) is 13.4. The van der Waals surface area contributed by atoms with E-state index in [0.29, 0.717) is 16.9 Å². The molecule has 0 unspecified atom stereocenters. The number of nitrogens with two attached hydrogens (primary N) is 1. The molecule has 0 aromatic carbocycles. The predicted octanol–water partition coefficient (Wildman–Crippen LogP) is 2.69. The van der Waals surface area contributed by atoms with Gasteiger partial charge in [0.25, 0.3) is 0 Å². The highest BCUT2D eigenvalue weighted by molar-refractivity contribution is 7.99. The largest absolute Gasteiger partial charge is 0.383 e. The number of nitrogen functional groups attached to an aromatic ring is 1. The maximum Gasteiger partial charge on any atom is 0.149 e. The van der Waals surface area contributed by atoms with E-state index in [2.05, 4.69) is 22.0 Å². The van der Waals surface area contributed by atoms with Gasteiger partial charge in [-0.05, 0) is 11.4 Å². The topological polar surface area (TPSA) is 89.7 Å². The average molecular weight is 327 g/mol. The van der Waals surface area contributed by atoms with Gasteiger partial charge in [0.05, 0.1) is 0 Å². The molecule has 5 nitrogen and oxygen atoms in total. The normalized spacial score (nSPS) is 14.4. The molecule has 3 rings (SSSR count). The molecule has 2 N–H and O–H groups in total. The summed E-state index contributed by atoms with van der Waals surface area (Å²) in [4.78, 5) is 7.32. The molecular formula is C15H13N5S2. The molecule has 7 heteroatoms. The molecular weight excluding hydrogens is 314 g/mol. The summed E-state index contributed by atoms with van der Waals surface area (Å²) < 4.78 is 0. The van der Waals surface area contributed by atoms with Crippen LogP contribution in [-0.2, 0) is 0 Å². The molecule has 22 heavy (non-hydrogen) atoms. The van der Waals surface area contributed by atoms with Crippen molar-refractivity contribution >= 4 is 34.7 Å². The van der Waals surface area contributed by atoms with Crippen molar-refractivity contribution in [2.75, 3.05) is 35.2 Å². The Bertz CT molecular complexity index is 765. The highest BCUT2D eigenvalue weighted by Crippen LogP contribution is 2.37. The van der Waals surface area contributed by atoms with Crippen LogP contribution in [0.1, 0.15) is 11.1 Å². The first kappa shape index (κ1) is 14.7. The Morgan fingerprint density at radius 3 is 2.50 bits per heavy atom. The Labute approximate surface area is 137 Å². The van der Waals surface area contributed by atoms with Crippen molar-refractivity contribution in [3.8, 4) is 22.6 Å². The number of nitrogens with zero attached hydrogens (tertiary/aromatic N) is 4. The van der Waals surface area contributed by atoms with Crippen LogP contribution in [0.25, 0.3) is 10.4 Å². The first-order valence-corrected chi connectivity index (χ1v) is 8.80. The van der Waals surface area contributed by atoms with Crippen LogP contribution in [0.5, 0.6) is 0 Å². The van der Waals surface area contributed by atoms with E-state index in [1.807, 2.05) is 29.3 Å². The Morgan fingerprint density at radius 2 is 1.91 bits per heavy atom. The summed E-state index contributed by atoms with van der Waals surface area (Å²) in [5, 5.41) is 21.0. The van der Waals surface area contributed by atoms with Crippen molar-refractivity contribution < 1.29 is 0 Å². The maximum atomic E-state index is 9.67. The van der Waals surface area contributed by atoms with E-state index < -0.39 is 0 Å². The van der Waals surface area contributed by atoms with Gasteiger partial charge in [-0.15, -0.1) is 11.3 Å². The fraction of sp³-hybridized carbons (Fsp3) is 0.267. The predicted molar refractivity (Wildman–Crippen MR) is 90.9 cm³/mol. The SMILES string of the molecule is N#Cc1c(N)nc(N2CCSCC2)c(C#N)c1-c1cccs1. The van der Waals surface area contributed by atoms with Crippen LogP contribution in [-0.4, -0.2) is 29.6 Å². The average Bonchev–Trinajstić information content (AvgIpc) is 3.08. The van der Waals surface area contributed by atoms with Gasteiger partial charge in [0.15, 0.2) is 0 Å².